The minimum atomic E-state index is -0.176. The third-order valence-electron chi connectivity index (χ3n) is 5.35. The summed E-state index contributed by atoms with van der Waals surface area (Å²) in [5.74, 6) is 0.546. The van der Waals surface area contributed by atoms with E-state index in [1.165, 1.54) is 18.7 Å². The number of hydrogen-bond donors (Lipinski definition) is 2. The van der Waals surface area contributed by atoms with E-state index in [1.54, 1.807) is 24.3 Å². The van der Waals surface area contributed by atoms with Crippen LogP contribution >= 0.6 is 11.8 Å². The van der Waals surface area contributed by atoms with Crippen LogP contribution in [0.3, 0.4) is 0 Å². The summed E-state index contributed by atoms with van der Waals surface area (Å²) in [6, 6.07) is 22.9. The zero-order valence-electron chi connectivity index (χ0n) is 19.1. The van der Waals surface area contributed by atoms with Gasteiger partial charge in [-0.15, -0.1) is 10.2 Å². The lowest BCUT2D eigenvalue weighted by molar-refractivity contribution is -0.114. The maximum absolute atomic E-state index is 12.6. The summed E-state index contributed by atoms with van der Waals surface area (Å²) in [7, 11) is 0. The van der Waals surface area contributed by atoms with E-state index in [-0.39, 0.29) is 17.6 Å². The summed E-state index contributed by atoms with van der Waals surface area (Å²) >= 11 is 1.30. The predicted octanol–water partition coefficient (Wildman–Crippen LogP) is 4.94. The number of benzene rings is 3. The Labute approximate surface area is 205 Å². The average molecular weight is 483 g/mol. The molecule has 2 heterocycles. The van der Waals surface area contributed by atoms with Gasteiger partial charge in [-0.05, 0) is 43.3 Å². The van der Waals surface area contributed by atoms with Gasteiger partial charge in [-0.3, -0.25) is 14.0 Å². The second-order valence-electron chi connectivity index (χ2n) is 8.06. The monoisotopic (exact) mass is 482 g/mol. The van der Waals surface area contributed by atoms with Crippen molar-refractivity contribution in [1.29, 1.82) is 0 Å². The highest BCUT2D eigenvalue weighted by Crippen LogP contribution is 2.29. The summed E-state index contributed by atoms with van der Waals surface area (Å²) < 4.78 is 1.91. The summed E-state index contributed by atoms with van der Waals surface area (Å²) in [5, 5.41) is 15.9. The highest BCUT2D eigenvalue weighted by molar-refractivity contribution is 7.99. The zero-order chi connectivity index (χ0) is 24.4. The Bertz CT molecular complexity index is 1540. The molecule has 0 aliphatic rings. The van der Waals surface area contributed by atoms with Crippen molar-refractivity contribution in [2.75, 3.05) is 16.4 Å². The van der Waals surface area contributed by atoms with E-state index in [0.717, 1.165) is 27.9 Å². The predicted molar refractivity (Wildman–Crippen MR) is 139 cm³/mol. The Morgan fingerprint density at radius 2 is 1.57 bits per heavy atom. The summed E-state index contributed by atoms with van der Waals surface area (Å²) in [4.78, 5) is 28.7. The Kier molecular flexibility index (Phi) is 6.15. The highest BCUT2D eigenvalue weighted by Gasteiger charge is 2.17. The Morgan fingerprint density at radius 3 is 2.29 bits per heavy atom. The third kappa shape index (κ3) is 4.85. The minimum Gasteiger partial charge on any atom is -0.326 e. The van der Waals surface area contributed by atoms with Gasteiger partial charge in [0.05, 0.1) is 11.3 Å². The van der Waals surface area contributed by atoms with Gasteiger partial charge in [0.25, 0.3) is 0 Å². The van der Waals surface area contributed by atoms with Crippen LogP contribution in [0.4, 0.5) is 11.4 Å². The van der Waals surface area contributed by atoms with E-state index in [4.69, 9.17) is 4.98 Å². The van der Waals surface area contributed by atoms with Crippen LogP contribution in [-0.4, -0.2) is 37.1 Å². The average Bonchev–Trinajstić information content (AvgIpc) is 3.28. The van der Waals surface area contributed by atoms with Crippen molar-refractivity contribution >= 4 is 51.5 Å². The van der Waals surface area contributed by atoms with Gasteiger partial charge in [-0.1, -0.05) is 53.7 Å². The molecule has 0 aliphatic carbocycles. The molecule has 0 radical (unpaired) electrons. The van der Waals surface area contributed by atoms with Crippen LogP contribution in [0.5, 0.6) is 0 Å². The first-order valence-electron chi connectivity index (χ1n) is 11.0. The van der Waals surface area contributed by atoms with Gasteiger partial charge in [0, 0.05) is 29.2 Å². The van der Waals surface area contributed by atoms with Crippen molar-refractivity contribution in [2.24, 2.45) is 0 Å². The number of hydrogen-bond acceptors (Lipinski definition) is 6. The number of nitrogens with one attached hydrogen (secondary N) is 2. The van der Waals surface area contributed by atoms with Crippen molar-refractivity contribution < 1.29 is 9.59 Å². The van der Waals surface area contributed by atoms with Gasteiger partial charge in [0.1, 0.15) is 5.82 Å². The number of carbonyl (C=O) groups is 2. The number of anilines is 2. The van der Waals surface area contributed by atoms with Crippen LogP contribution in [0, 0.1) is 6.92 Å². The molecule has 2 aromatic heterocycles. The van der Waals surface area contributed by atoms with Crippen molar-refractivity contribution in [2.45, 2.75) is 19.0 Å². The second-order valence-corrected chi connectivity index (χ2v) is 9.00. The molecule has 0 spiro atoms. The number of para-hydroxylation sites is 1. The molecule has 0 saturated carbocycles. The zero-order valence-corrected chi connectivity index (χ0v) is 20.0. The normalized spacial score (nSPS) is 11.0. The molecule has 9 heteroatoms. The van der Waals surface area contributed by atoms with E-state index in [0.29, 0.717) is 22.2 Å². The smallest absolute Gasteiger partial charge is 0.234 e. The fourth-order valence-electron chi connectivity index (χ4n) is 3.72. The van der Waals surface area contributed by atoms with Crippen LogP contribution in [0.2, 0.25) is 0 Å². The number of rotatable bonds is 6. The first-order chi connectivity index (χ1) is 17.0. The Morgan fingerprint density at radius 1 is 0.886 bits per heavy atom. The molecule has 0 bridgehead atoms. The molecule has 8 nitrogen and oxygen atoms in total. The number of aromatic nitrogens is 4. The quantitative estimate of drug-likeness (QED) is 0.332. The summed E-state index contributed by atoms with van der Waals surface area (Å²) in [5.41, 5.74) is 4.94. The fourth-order valence-corrected chi connectivity index (χ4v) is 4.45. The van der Waals surface area contributed by atoms with Gasteiger partial charge in [0.2, 0.25) is 11.8 Å². The molecule has 0 atom stereocenters. The van der Waals surface area contributed by atoms with Gasteiger partial charge in [-0.25, -0.2) is 4.98 Å². The van der Waals surface area contributed by atoms with Crippen molar-refractivity contribution in [3.8, 4) is 11.4 Å². The van der Waals surface area contributed by atoms with Crippen molar-refractivity contribution in [1.82, 2.24) is 19.6 Å². The topological polar surface area (TPSA) is 101 Å². The van der Waals surface area contributed by atoms with Crippen LogP contribution in [0.1, 0.15) is 12.5 Å². The number of fused-ring (bicyclic) bond motifs is 3. The van der Waals surface area contributed by atoms with Gasteiger partial charge < -0.3 is 10.6 Å². The first kappa shape index (κ1) is 22.5. The summed E-state index contributed by atoms with van der Waals surface area (Å²) in [6.45, 7) is 3.49. The van der Waals surface area contributed by atoms with Crippen LogP contribution in [-0.2, 0) is 9.59 Å². The van der Waals surface area contributed by atoms with Gasteiger partial charge in [0.15, 0.2) is 10.8 Å². The molecule has 5 aromatic rings. The lowest BCUT2D eigenvalue weighted by Gasteiger charge is -2.10. The molecular formula is C26H22N6O2S. The molecule has 35 heavy (non-hydrogen) atoms. The summed E-state index contributed by atoms with van der Waals surface area (Å²) in [6.07, 6.45) is 0. The number of thioether (sulfide) groups is 1. The molecule has 0 unspecified atom stereocenters. The van der Waals surface area contributed by atoms with E-state index in [1.807, 2.05) is 59.9 Å². The molecule has 2 N–H and O–H groups in total. The SMILES string of the molecule is CC(=O)Nc1ccc(NC(=O)CSc2nnc3c4ccccc4nc(-c4ccc(C)cc4)n23)cc1. The number of carbonyl (C=O) groups excluding carboxylic acids is 2. The number of nitrogens with zero attached hydrogens (tertiary/aromatic N) is 4. The molecule has 174 valence electrons. The van der Waals surface area contributed by atoms with Crippen LogP contribution in [0.25, 0.3) is 27.9 Å². The molecule has 5 rings (SSSR count). The second kappa shape index (κ2) is 9.55. The van der Waals surface area contributed by atoms with E-state index >= 15 is 0 Å². The molecule has 2 amide bonds. The Hall–Kier alpha value is -4.24. The standard InChI is InChI=1S/C26H22N6O2S/c1-16-7-9-18(10-8-16)24-29-22-6-4-3-5-21(22)25-30-31-26(32(24)25)35-15-23(34)28-20-13-11-19(12-14-20)27-17(2)33/h3-14H,15H2,1-2H3,(H,27,33)(H,28,34). The fraction of sp³-hybridized carbons (Fsp3) is 0.115. The molecule has 0 aliphatic heterocycles. The lowest BCUT2D eigenvalue weighted by Crippen LogP contribution is -2.14. The first-order valence-corrected chi connectivity index (χ1v) is 12.0. The largest absolute Gasteiger partial charge is 0.326 e. The van der Waals surface area contributed by atoms with Gasteiger partial charge in [-0.2, -0.15) is 0 Å². The van der Waals surface area contributed by atoms with Crippen LogP contribution in [0.15, 0.2) is 78.0 Å². The van der Waals surface area contributed by atoms with Crippen molar-refractivity contribution in [3.63, 3.8) is 0 Å². The highest BCUT2D eigenvalue weighted by atomic mass is 32.2. The molecular weight excluding hydrogens is 460 g/mol. The van der Waals surface area contributed by atoms with E-state index in [9.17, 15) is 9.59 Å². The van der Waals surface area contributed by atoms with E-state index in [2.05, 4.69) is 20.8 Å². The molecule has 3 aromatic carbocycles. The van der Waals surface area contributed by atoms with Crippen LogP contribution < -0.4 is 10.6 Å². The maximum atomic E-state index is 12.6. The lowest BCUT2D eigenvalue weighted by atomic mass is 10.1. The minimum absolute atomic E-state index is 0.147. The molecule has 0 saturated heterocycles. The van der Waals surface area contributed by atoms with Crippen molar-refractivity contribution in [3.05, 3.63) is 78.4 Å². The number of aryl methyl sites for hydroxylation is 1. The Balaban J connectivity index is 1.41. The maximum Gasteiger partial charge on any atom is 0.234 e. The number of amides is 2. The van der Waals surface area contributed by atoms with E-state index < -0.39 is 0 Å². The third-order valence-corrected chi connectivity index (χ3v) is 6.28. The molecule has 0 fully saturated rings. The van der Waals surface area contributed by atoms with Gasteiger partial charge >= 0.3 is 0 Å².